The van der Waals surface area contributed by atoms with Crippen molar-refractivity contribution in [2.45, 2.75) is 6.92 Å². The van der Waals surface area contributed by atoms with E-state index in [0.29, 0.717) is 11.3 Å². The number of anilines is 2. The quantitative estimate of drug-likeness (QED) is 0.511. The van der Waals surface area contributed by atoms with Gasteiger partial charge in [-0.05, 0) is 41.8 Å². The molecule has 0 aliphatic carbocycles. The number of isocyanates is 2. The van der Waals surface area contributed by atoms with Gasteiger partial charge in [-0.1, -0.05) is 12.1 Å². The van der Waals surface area contributed by atoms with Gasteiger partial charge in [-0.25, -0.2) is 9.59 Å². The first-order chi connectivity index (χ1) is 10.1. The van der Waals surface area contributed by atoms with Crippen LogP contribution in [0.15, 0.2) is 40.3 Å². The first kappa shape index (κ1) is 14.2. The number of benzene rings is 2. The molecule has 0 unspecified atom stereocenters. The number of nitrogens with two attached hydrogens (primary N) is 2. The summed E-state index contributed by atoms with van der Waals surface area (Å²) in [5, 5.41) is 0. The molecule has 0 aromatic heterocycles. The molecule has 6 heteroatoms. The van der Waals surface area contributed by atoms with Gasteiger partial charge in [-0.15, -0.1) is 0 Å². The molecule has 0 aliphatic rings. The van der Waals surface area contributed by atoms with Gasteiger partial charge in [0.1, 0.15) is 11.4 Å². The predicted molar refractivity (Wildman–Crippen MR) is 81.0 cm³/mol. The van der Waals surface area contributed by atoms with Gasteiger partial charge in [0.05, 0.1) is 5.69 Å². The zero-order chi connectivity index (χ0) is 15.4. The molecular weight excluding hydrogens is 268 g/mol. The molecule has 104 valence electrons. The summed E-state index contributed by atoms with van der Waals surface area (Å²) in [4.78, 5) is 28.2. The number of aliphatic imine (C=N–C) groups is 2. The maximum Gasteiger partial charge on any atom is 0.240 e. The summed E-state index contributed by atoms with van der Waals surface area (Å²) in [7, 11) is 0. The summed E-state index contributed by atoms with van der Waals surface area (Å²) < 4.78 is 0. The van der Waals surface area contributed by atoms with E-state index in [-0.39, 0.29) is 17.1 Å². The number of nitrogens with zero attached hydrogens (tertiary/aromatic N) is 2. The third-order valence-electron chi connectivity index (χ3n) is 3.12. The summed E-state index contributed by atoms with van der Waals surface area (Å²) in [5.41, 5.74) is 15.0. The molecule has 0 atom stereocenters. The predicted octanol–water partition coefficient (Wildman–Crippen LogP) is 2.76. The molecule has 4 N–H and O–H groups in total. The second kappa shape index (κ2) is 5.84. The summed E-state index contributed by atoms with van der Waals surface area (Å²) >= 11 is 0. The first-order valence-electron chi connectivity index (χ1n) is 6.03. The highest BCUT2D eigenvalue weighted by molar-refractivity contribution is 5.89. The van der Waals surface area contributed by atoms with Crippen LogP contribution in [0.25, 0.3) is 11.1 Å². The normalized spacial score (nSPS) is 9.57. The molecular formula is C15H12N4O2. The summed E-state index contributed by atoms with van der Waals surface area (Å²) in [6, 6.07) is 8.77. The van der Waals surface area contributed by atoms with E-state index in [1.54, 1.807) is 25.1 Å². The first-order valence-corrected chi connectivity index (χ1v) is 6.03. The van der Waals surface area contributed by atoms with Crippen molar-refractivity contribution in [1.29, 1.82) is 0 Å². The van der Waals surface area contributed by atoms with Crippen molar-refractivity contribution >= 4 is 34.9 Å². The van der Waals surface area contributed by atoms with Crippen LogP contribution >= 0.6 is 0 Å². The van der Waals surface area contributed by atoms with E-state index in [0.717, 1.165) is 11.1 Å². The number of hydrogen-bond donors (Lipinski definition) is 2. The SMILES string of the molecule is Cc1c(-c2ccc(N)cc2)cc(N=C=O)c(N)c1N=C=O. The van der Waals surface area contributed by atoms with E-state index in [4.69, 9.17) is 11.5 Å². The van der Waals surface area contributed by atoms with Crippen molar-refractivity contribution in [3.8, 4) is 11.1 Å². The Morgan fingerprint density at radius 1 is 1.00 bits per heavy atom. The van der Waals surface area contributed by atoms with Crippen LogP contribution in [-0.2, 0) is 9.59 Å². The van der Waals surface area contributed by atoms with Gasteiger partial charge in [0, 0.05) is 5.69 Å². The largest absolute Gasteiger partial charge is 0.399 e. The minimum Gasteiger partial charge on any atom is -0.399 e. The fourth-order valence-corrected chi connectivity index (χ4v) is 2.07. The Morgan fingerprint density at radius 2 is 1.62 bits per heavy atom. The highest BCUT2D eigenvalue weighted by Crippen LogP contribution is 2.41. The minimum atomic E-state index is 0.137. The van der Waals surface area contributed by atoms with Crippen LogP contribution in [-0.4, -0.2) is 12.2 Å². The number of carbonyl (C=O) groups excluding carboxylic acids is 2. The monoisotopic (exact) mass is 280 g/mol. The highest BCUT2D eigenvalue weighted by Gasteiger charge is 2.14. The van der Waals surface area contributed by atoms with E-state index >= 15 is 0 Å². The number of rotatable bonds is 3. The van der Waals surface area contributed by atoms with Crippen molar-refractivity contribution < 1.29 is 9.59 Å². The van der Waals surface area contributed by atoms with Gasteiger partial charge in [0.15, 0.2) is 0 Å². The topological polar surface area (TPSA) is 111 Å². The Balaban J connectivity index is 2.79. The summed E-state index contributed by atoms with van der Waals surface area (Å²) in [6.07, 6.45) is 2.89. The Labute approximate surface area is 120 Å². The molecule has 0 saturated carbocycles. The number of hydrogen-bond acceptors (Lipinski definition) is 6. The average molecular weight is 280 g/mol. The van der Waals surface area contributed by atoms with E-state index in [2.05, 4.69) is 9.98 Å². The van der Waals surface area contributed by atoms with Crippen molar-refractivity contribution in [2.75, 3.05) is 11.5 Å². The molecule has 0 heterocycles. The molecule has 0 spiro atoms. The smallest absolute Gasteiger partial charge is 0.240 e. The lowest BCUT2D eigenvalue weighted by molar-refractivity contribution is 0.565. The molecule has 0 saturated heterocycles. The zero-order valence-corrected chi connectivity index (χ0v) is 11.3. The fourth-order valence-electron chi connectivity index (χ4n) is 2.07. The third-order valence-corrected chi connectivity index (χ3v) is 3.12. The second-order valence-corrected chi connectivity index (χ2v) is 4.36. The Bertz CT molecular complexity index is 784. The van der Waals surface area contributed by atoms with Gasteiger partial charge in [-0.2, -0.15) is 9.98 Å². The third kappa shape index (κ3) is 2.72. The molecule has 2 aromatic rings. The van der Waals surface area contributed by atoms with Crippen LogP contribution in [0.1, 0.15) is 5.56 Å². The summed E-state index contributed by atoms with van der Waals surface area (Å²) in [6.45, 7) is 1.77. The molecule has 2 aromatic carbocycles. The maximum absolute atomic E-state index is 10.6. The Kier molecular flexibility index (Phi) is 3.95. The second-order valence-electron chi connectivity index (χ2n) is 4.36. The van der Waals surface area contributed by atoms with E-state index in [1.807, 2.05) is 12.1 Å². The minimum absolute atomic E-state index is 0.137. The van der Waals surface area contributed by atoms with Crippen LogP contribution in [0, 0.1) is 6.92 Å². The van der Waals surface area contributed by atoms with Gasteiger partial charge < -0.3 is 11.5 Å². The molecule has 0 aliphatic heterocycles. The van der Waals surface area contributed by atoms with Crippen LogP contribution in [0.3, 0.4) is 0 Å². The molecule has 0 radical (unpaired) electrons. The van der Waals surface area contributed by atoms with Gasteiger partial charge in [-0.3, -0.25) is 0 Å². The highest BCUT2D eigenvalue weighted by atomic mass is 16.1. The maximum atomic E-state index is 10.6. The lowest BCUT2D eigenvalue weighted by Gasteiger charge is -2.12. The van der Waals surface area contributed by atoms with Gasteiger partial charge in [0.25, 0.3) is 0 Å². The number of nitrogen functional groups attached to an aromatic ring is 2. The van der Waals surface area contributed by atoms with Crippen molar-refractivity contribution in [3.63, 3.8) is 0 Å². The van der Waals surface area contributed by atoms with Crippen LogP contribution in [0.2, 0.25) is 0 Å². The van der Waals surface area contributed by atoms with Crippen molar-refractivity contribution in [1.82, 2.24) is 0 Å². The molecule has 6 nitrogen and oxygen atoms in total. The van der Waals surface area contributed by atoms with Gasteiger partial charge >= 0.3 is 0 Å². The van der Waals surface area contributed by atoms with Gasteiger partial charge in [0.2, 0.25) is 12.2 Å². The molecule has 0 fully saturated rings. The van der Waals surface area contributed by atoms with E-state index < -0.39 is 0 Å². The molecule has 0 bridgehead atoms. The Hall–Kier alpha value is -3.20. The molecule has 21 heavy (non-hydrogen) atoms. The fraction of sp³-hybridized carbons (Fsp3) is 0.0667. The summed E-state index contributed by atoms with van der Waals surface area (Å²) in [5.74, 6) is 0. The van der Waals surface area contributed by atoms with Crippen molar-refractivity contribution in [2.24, 2.45) is 9.98 Å². The van der Waals surface area contributed by atoms with Crippen LogP contribution < -0.4 is 11.5 Å². The van der Waals surface area contributed by atoms with E-state index in [1.165, 1.54) is 12.2 Å². The average Bonchev–Trinajstić information content (AvgIpc) is 2.48. The zero-order valence-electron chi connectivity index (χ0n) is 11.3. The lowest BCUT2D eigenvalue weighted by atomic mass is 9.97. The van der Waals surface area contributed by atoms with Crippen LogP contribution in [0.5, 0.6) is 0 Å². The van der Waals surface area contributed by atoms with Crippen molar-refractivity contribution in [3.05, 3.63) is 35.9 Å². The molecule has 0 amide bonds. The Morgan fingerprint density at radius 3 is 2.19 bits per heavy atom. The molecule has 2 rings (SSSR count). The van der Waals surface area contributed by atoms with Crippen LogP contribution in [0.4, 0.5) is 22.7 Å². The lowest BCUT2D eigenvalue weighted by Crippen LogP contribution is -1.93. The standard InChI is InChI=1S/C15H12N4O2/c1-9-12(10-2-4-11(16)5-3-10)6-13(18-7-20)14(17)15(9)19-8-21/h2-6H,16-17H2,1H3. The van der Waals surface area contributed by atoms with E-state index in [9.17, 15) is 9.59 Å².